The average molecular weight is 316 g/mol. The van der Waals surface area contributed by atoms with Crippen molar-refractivity contribution in [2.75, 3.05) is 18.4 Å². The largest absolute Gasteiger partial charge is 0.412 e. The van der Waals surface area contributed by atoms with Crippen molar-refractivity contribution in [2.24, 2.45) is 4.99 Å². The first kappa shape index (κ1) is 16.4. The highest BCUT2D eigenvalue weighted by molar-refractivity contribution is 6.31. The molecule has 0 atom stereocenters. The molecular formula is C12H15Cl2N5O. The highest BCUT2D eigenvalue weighted by atomic mass is 35.5. The van der Waals surface area contributed by atoms with Gasteiger partial charge in [0, 0.05) is 17.0 Å². The van der Waals surface area contributed by atoms with Gasteiger partial charge in [0.05, 0.1) is 17.8 Å². The van der Waals surface area contributed by atoms with Gasteiger partial charge in [-0.25, -0.2) is 9.97 Å². The van der Waals surface area contributed by atoms with E-state index in [0.717, 1.165) is 35.6 Å². The van der Waals surface area contributed by atoms with Gasteiger partial charge in [-0.05, 0) is 25.1 Å². The van der Waals surface area contributed by atoms with E-state index in [1.165, 1.54) is 0 Å². The fourth-order valence-corrected chi connectivity index (χ4v) is 2.07. The lowest BCUT2D eigenvalue weighted by Gasteiger charge is -2.08. The van der Waals surface area contributed by atoms with Gasteiger partial charge in [-0.2, -0.15) is 0 Å². The maximum Gasteiger partial charge on any atom is 0.230 e. The first-order valence-corrected chi connectivity index (χ1v) is 6.09. The van der Waals surface area contributed by atoms with E-state index in [-0.39, 0.29) is 17.9 Å². The van der Waals surface area contributed by atoms with E-state index in [2.05, 4.69) is 25.6 Å². The Labute approximate surface area is 127 Å². The van der Waals surface area contributed by atoms with E-state index in [0.29, 0.717) is 11.0 Å². The van der Waals surface area contributed by atoms with Gasteiger partial charge in [-0.1, -0.05) is 11.6 Å². The highest BCUT2D eigenvalue weighted by Gasteiger charge is 2.09. The fourth-order valence-electron chi connectivity index (χ4n) is 1.90. The Morgan fingerprint density at radius 1 is 1.30 bits per heavy atom. The Bertz CT molecular complexity index is 647. The monoisotopic (exact) mass is 315 g/mol. The molecule has 20 heavy (non-hydrogen) atoms. The van der Waals surface area contributed by atoms with E-state index in [9.17, 15) is 0 Å². The summed E-state index contributed by atoms with van der Waals surface area (Å²) >= 11 is 5.97. The molecule has 0 bridgehead atoms. The Hall–Kier alpha value is -1.63. The molecule has 108 valence electrons. The molecule has 0 saturated carbocycles. The van der Waals surface area contributed by atoms with Gasteiger partial charge in [0.2, 0.25) is 5.95 Å². The van der Waals surface area contributed by atoms with Crippen molar-refractivity contribution < 1.29 is 5.48 Å². The lowest BCUT2D eigenvalue weighted by molar-refractivity contribution is 0.824. The fraction of sp³-hybridized carbons (Fsp3) is 0.250. The van der Waals surface area contributed by atoms with Gasteiger partial charge in [0.15, 0.2) is 5.96 Å². The molecule has 4 N–H and O–H groups in total. The molecular weight excluding hydrogens is 301 g/mol. The topological polar surface area (TPSA) is 93.7 Å². The molecule has 3 rings (SSSR count). The minimum Gasteiger partial charge on any atom is -0.412 e. The number of halogens is 2. The molecule has 0 fully saturated rings. The summed E-state index contributed by atoms with van der Waals surface area (Å²) in [6, 6.07) is 5.59. The van der Waals surface area contributed by atoms with Crippen LogP contribution in [0.3, 0.4) is 0 Å². The molecule has 1 aliphatic heterocycles. The number of aryl methyl sites for hydroxylation is 1. The number of nitrogens with one attached hydrogen (secondary N) is 2. The number of rotatable bonds is 1. The average Bonchev–Trinajstić information content (AvgIpc) is 2.83. The smallest absolute Gasteiger partial charge is 0.230 e. The van der Waals surface area contributed by atoms with Crippen LogP contribution in [0.15, 0.2) is 23.2 Å². The second-order valence-electron chi connectivity index (χ2n) is 4.08. The van der Waals surface area contributed by atoms with Crippen molar-refractivity contribution in [3.05, 3.63) is 28.9 Å². The van der Waals surface area contributed by atoms with Crippen LogP contribution in [-0.2, 0) is 0 Å². The third-order valence-corrected chi connectivity index (χ3v) is 2.99. The number of aliphatic imine (C=N–C) groups is 1. The molecule has 0 spiro atoms. The Morgan fingerprint density at radius 2 is 2.10 bits per heavy atom. The van der Waals surface area contributed by atoms with Crippen molar-refractivity contribution in [2.45, 2.75) is 6.92 Å². The molecule has 1 aliphatic rings. The van der Waals surface area contributed by atoms with Crippen molar-refractivity contribution in [3.8, 4) is 0 Å². The number of guanidine groups is 1. The Morgan fingerprint density at radius 3 is 2.80 bits per heavy atom. The quantitative estimate of drug-likeness (QED) is 0.835. The Balaban J connectivity index is 0.000001000. The second-order valence-corrected chi connectivity index (χ2v) is 4.51. The molecule has 8 heteroatoms. The van der Waals surface area contributed by atoms with Crippen LogP contribution in [-0.4, -0.2) is 34.5 Å². The van der Waals surface area contributed by atoms with E-state index >= 15 is 0 Å². The van der Waals surface area contributed by atoms with Crippen LogP contribution in [0.25, 0.3) is 10.9 Å². The number of benzene rings is 1. The number of fused-ring (bicyclic) bond motifs is 1. The molecule has 2 aromatic rings. The molecule has 1 aromatic heterocycles. The summed E-state index contributed by atoms with van der Waals surface area (Å²) in [5.74, 6) is 1.28. The molecule has 0 aliphatic carbocycles. The van der Waals surface area contributed by atoms with E-state index in [1.54, 1.807) is 0 Å². The zero-order valence-corrected chi connectivity index (χ0v) is 12.3. The molecule has 6 nitrogen and oxygen atoms in total. The van der Waals surface area contributed by atoms with E-state index < -0.39 is 0 Å². The van der Waals surface area contributed by atoms with Gasteiger partial charge >= 0.3 is 0 Å². The van der Waals surface area contributed by atoms with Crippen LogP contribution in [0.5, 0.6) is 0 Å². The molecule has 2 heterocycles. The third kappa shape index (κ3) is 3.27. The lowest BCUT2D eigenvalue weighted by atomic mass is 10.2. The molecule has 0 amide bonds. The molecule has 1 aromatic carbocycles. The number of nitrogens with zero attached hydrogens (tertiary/aromatic N) is 3. The number of hydrogen-bond donors (Lipinski definition) is 2. The summed E-state index contributed by atoms with van der Waals surface area (Å²) in [4.78, 5) is 13.1. The highest BCUT2D eigenvalue weighted by Crippen LogP contribution is 2.21. The molecule has 0 saturated heterocycles. The van der Waals surface area contributed by atoms with Crippen molar-refractivity contribution >= 4 is 46.8 Å². The zero-order chi connectivity index (χ0) is 12.5. The summed E-state index contributed by atoms with van der Waals surface area (Å²) in [5, 5.41) is 7.85. The van der Waals surface area contributed by atoms with Crippen LogP contribution >= 0.6 is 24.0 Å². The second kappa shape index (κ2) is 6.69. The van der Waals surface area contributed by atoms with Gasteiger partial charge < -0.3 is 10.8 Å². The Kier molecular flexibility index (Phi) is 5.50. The lowest BCUT2D eigenvalue weighted by Crippen LogP contribution is -2.27. The van der Waals surface area contributed by atoms with Crippen molar-refractivity contribution in [3.63, 3.8) is 0 Å². The van der Waals surface area contributed by atoms with Crippen LogP contribution in [0.2, 0.25) is 5.02 Å². The van der Waals surface area contributed by atoms with E-state index in [1.807, 2.05) is 25.1 Å². The van der Waals surface area contributed by atoms with Crippen molar-refractivity contribution in [1.82, 2.24) is 15.3 Å². The van der Waals surface area contributed by atoms with Gasteiger partial charge in [-0.3, -0.25) is 10.3 Å². The zero-order valence-electron chi connectivity index (χ0n) is 10.8. The minimum absolute atomic E-state index is 0. The van der Waals surface area contributed by atoms with Crippen LogP contribution in [0.1, 0.15) is 5.69 Å². The SMILES string of the molecule is Cc1nc(NC2=NCCN2)nc2ccc(Cl)cc12.Cl.O. The van der Waals surface area contributed by atoms with Crippen molar-refractivity contribution in [1.29, 1.82) is 0 Å². The van der Waals surface area contributed by atoms with E-state index in [4.69, 9.17) is 11.6 Å². The maximum absolute atomic E-state index is 5.97. The van der Waals surface area contributed by atoms with Gasteiger partial charge in [0.25, 0.3) is 0 Å². The number of aromatic nitrogens is 2. The summed E-state index contributed by atoms with van der Waals surface area (Å²) in [7, 11) is 0. The van der Waals surface area contributed by atoms with Crippen LogP contribution in [0, 0.1) is 6.92 Å². The summed E-state index contributed by atoms with van der Waals surface area (Å²) in [6.45, 7) is 3.57. The first-order valence-electron chi connectivity index (χ1n) is 5.71. The molecule has 0 unspecified atom stereocenters. The van der Waals surface area contributed by atoms with Gasteiger partial charge in [-0.15, -0.1) is 12.4 Å². The predicted octanol–water partition coefficient (Wildman–Crippen LogP) is 1.56. The summed E-state index contributed by atoms with van der Waals surface area (Å²) < 4.78 is 0. The van der Waals surface area contributed by atoms with Crippen LogP contribution < -0.4 is 10.6 Å². The summed E-state index contributed by atoms with van der Waals surface area (Å²) in [6.07, 6.45) is 0. The first-order chi connectivity index (χ1) is 8.72. The normalized spacial score (nSPS) is 13.0. The molecule has 0 radical (unpaired) electrons. The summed E-state index contributed by atoms with van der Waals surface area (Å²) in [5.41, 5.74) is 1.76. The number of hydrogen-bond acceptors (Lipinski definition) is 5. The predicted molar refractivity (Wildman–Crippen MR) is 84.1 cm³/mol. The van der Waals surface area contributed by atoms with Crippen LogP contribution in [0.4, 0.5) is 5.95 Å². The van der Waals surface area contributed by atoms with Gasteiger partial charge in [0.1, 0.15) is 0 Å². The standard InChI is InChI=1S/C12H12ClN5.ClH.H2O/c1-7-9-6-8(13)2-3-10(9)17-12(16-7)18-11-14-4-5-15-11;;/h2-3,6H,4-5H2,1H3,(H2,14,15,16,17,18);1H;1H2. The third-order valence-electron chi connectivity index (χ3n) is 2.75. The number of anilines is 1. The minimum atomic E-state index is 0. The maximum atomic E-state index is 5.97.